The summed E-state index contributed by atoms with van der Waals surface area (Å²) in [5.74, 6) is 5.02. The molecule has 5 rings (SSSR count). The zero-order valence-electron chi connectivity index (χ0n) is 18.2. The Morgan fingerprint density at radius 3 is 2.91 bits per heavy atom. The van der Waals surface area contributed by atoms with Crippen molar-refractivity contribution in [1.29, 1.82) is 0 Å². The predicted octanol–water partition coefficient (Wildman–Crippen LogP) is 2.13. The molecule has 1 aliphatic rings. The Kier molecular flexibility index (Phi) is 5.20. The van der Waals surface area contributed by atoms with Crippen LogP contribution in [0.1, 0.15) is 23.7 Å². The first kappa shape index (κ1) is 21.5. The molecule has 1 fully saturated rings. The number of alkyl halides is 1. The zero-order chi connectivity index (χ0) is 24.0. The lowest BCUT2D eigenvalue weighted by atomic mass is 10.1. The second-order valence-corrected chi connectivity index (χ2v) is 8.07. The van der Waals surface area contributed by atoms with Crippen molar-refractivity contribution in [1.82, 2.24) is 34.2 Å². The third-order valence-corrected chi connectivity index (χ3v) is 6.02. The molecule has 2 atom stereocenters. The second-order valence-electron chi connectivity index (χ2n) is 8.07. The second kappa shape index (κ2) is 8.22. The Hall–Kier alpha value is -4.33. The van der Waals surface area contributed by atoms with E-state index in [2.05, 4.69) is 38.5 Å². The van der Waals surface area contributed by atoms with Gasteiger partial charge in [0, 0.05) is 19.7 Å². The van der Waals surface area contributed by atoms with Crippen molar-refractivity contribution in [3.05, 3.63) is 54.5 Å². The monoisotopic (exact) mass is 462 g/mol. The van der Waals surface area contributed by atoms with Gasteiger partial charge in [0.2, 0.25) is 5.91 Å². The number of hydrogen-bond donors (Lipinski definition) is 1. The molecule has 0 aliphatic carbocycles. The number of imidazole rings is 1. The van der Waals surface area contributed by atoms with Gasteiger partial charge in [-0.25, -0.2) is 28.4 Å². The lowest BCUT2D eigenvalue weighted by molar-refractivity contribution is -0.127. The molecule has 0 saturated carbocycles. The maximum absolute atomic E-state index is 14.7. The summed E-state index contributed by atoms with van der Waals surface area (Å²) in [4.78, 5) is 26.2. The van der Waals surface area contributed by atoms with E-state index < -0.39 is 18.5 Å². The first-order valence-corrected chi connectivity index (χ1v) is 10.5. The highest BCUT2D eigenvalue weighted by Gasteiger charge is 2.37. The molecule has 1 aliphatic heterocycles. The number of halogens is 2. The number of nitrogens with two attached hydrogens (primary N) is 1. The number of amides is 1. The number of rotatable bonds is 3. The molecule has 2 N–H and O–H groups in total. The highest BCUT2D eigenvalue weighted by molar-refractivity contribution is 5.91. The number of hydrogen-bond acceptors (Lipinski definition) is 6. The molecule has 1 saturated heterocycles. The predicted molar refractivity (Wildman–Crippen MR) is 122 cm³/mol. The number of fused-ring (bicyclic) bond motifs is 2. The first-order valence-electron chi connectivity index (χ1n) is 10.5. The van der Waals surface area contributed by atoms with E-state index in [0.29, 0.717) is 28.5 Å². The number of carbonyl (C=O) groups is 1. The van der Waals surface area contributed by atoms with Crippen LogP contribution in [0.15, 0.2) is 37.4 Å². The fourth-order valence-corrected chi connectivity index (χ4v) is 4.31. The van der Waals surface area contributed by atoms with Crippen molar-refractivity contribution in [2.45, 2.75) is 18.5 Å². The number of benzene rings is 1. The Morgan fingerprint density at radius 2 is 2.15 bits per heavy atom. The molecular weight excluding hydrogens is 442 g/mol. The molecule has 0 unspecified atom stereocenters. The van der Waals surface area contributed by atoms with Crippen molar-refractivity contribution in [3.63, 3.8) is 0 Å². The number of carbonyl (C=O) groups excluding carboxylic acids is 1. The highest BCUT2D eigenvalue weighted by atomic mass is 19.1. The fourth-order valence-electron chi connectivity index (χ4n) is 4.31. The van der Waals surface area contributed by atoms with Crippen molar-refractivity contribution in [2.24, 2.45) is 7.05 Å². The Balaban J connectivity index is 1.58. The van der Waals surface area contributed by atoms with Crippen molar-refractivity contribution < 1.29 is 13.6 Å². The van der Waals surface area contributed by atoms with E-state index in [-0.39, 0.29) is 35.6 Å². The quantitative estimate of drug-likeness (QED) is 0.369. The van der Waals surface area contributed by atoms with Gasteiger partial charge in [0.25, 0.3) is 0 Å². The molecule has 4 aromatic rings. The van der Waals surface area contributed by atoms with Crippen LogP contribution in [-0.2, 0) is 11.8 Å². The molecule has 0 radical (unpaired) electrons. The molecule has 172 valence electrons. The van der Waals surface area contributed by atoms with Crippen LogP contribution < -0.4 is 5.73 Å². The van der Waals surface area contributed by atoms with Crippen LogP contribution in [0.3, 0.4) is 0 Å². The topological polar surface area (TPSA) is 108 Å². The summed E-state index contributed by atoms with van der Waals surface area (Å²) in [6, 6.07) is 2.00. The van der Waals surface area contributed by atoms with E-state index in [9.17, 15) is 13.6 Å². The largest absolute Gasteiger partial charge is 0.383 e. The highest BCUT2D eigenvalue weighted by Crippen LogP contribution is 2.32. The minimum Gasteiger partial charge on any atom is -0.383 e. The van der Waals surface area contributed by atoms with Gasteiger partial charge in [0.1, 0.15) is 30.3 Å². The summed E-state index contributed by atoms with van der Waals surface area (Å²) in [5, 5.41) is 4.98. The number of aromatic nitrogens is 6. The van der Waals surface area contributed by atoms with Gasteiger partial charge in [0.15, 0.2) is 5.65 Å². The maximum atomic E-state index is 14.7. The van der Waals surface area contributed by atoms with Gasteiger partial charge in [-0.2, -0.15) is 5.10 Å². The lowest BCUT2D eigenvalue weighted by Crippen LogP contribution is -2.35. The van der Waals surface area contributed by atoms with Gasteiger partial charge in [-0.15, -0.1) is 0 Å². The molecule has 9 nitrogen and oxygen atoms in total. The average Bonchev–Trinajstić information content (AvgIpc) is 3.53. The van der Waals surface area contributed by atoms with Crippen LogP contribution in [0.2, 0.25) is 0 Å². The zero-order valence-corrected chi connectivity index (χ0v) is 18.2. The van der Waals surface area contributed by atoms with E-state index in [1.165, 1.54) is 17.3 Å². The molecule has 4 heterocycles. The van der Waals surface area contributed by atoms with Crippen LogP contribution in [0.5, 0.6) is 0 Å². The lowest BCUT2D eigenvalue weighted by Gasteiger charge is -2.20. The smallest absolute Gasteiger partial charge is 0.246 e. The van der Waals surface area contributed by atoms with E-state index in [0.717, 1.165) is 6.08 Å². The van der Waals surface area contributed by atoms with E-state index >= 15 is 0 Å². The SMILES string of the molecule is C=CC(=O)N1C[C@@H](n2nc(C#Cc3cc4ncn(C)c4cc3F)c3c(N)ncnc32)C[C@@H]1CF. The van der Waals surface area contributed by atoms with Gasteiger partial charge < -0.3 is 15.2 Å². The number of aryl methyl sites for hydroxylation is 1. The standard InChI is InChI=1S/C23H20F2N8O/c1-3-20(34)32-10-15(7-14(32)9-24)33-23-21(22(26)27-11-28-23)17(30-33)5-4-13-6-18-19(8-16(13)25)31(2)12-29-18/h3,6,8,11-12,14-15H,1,7,9-10H2,2H3,(H2,26,27,28)/t14-,15+/m1/s1. The van der Waals surface area contributed by atoms with Gasteiger partial charge >= 0.3 is 0 Å². The molecule has 11 heteroatoms. The minimum absolute atomic E-state index is 0.158. The number of nitrogens with zero attached hydrogens (tertiary/aromatic N) is 7. The van der Waals surface area contributed by atoms with Crippen LogP contribution in [0, 0.1) is 17.7 Å². The number of nitrogen functional groups attached to an aromatic ring is 1. The summed E-state index contributed by atoms with van der Waals surface area (Å²) in [7, 11) is 1.78. The minimum atomic E-state index is -0.686. The van der Waals surface area contributed by atoms with E-state index in [1.54, 1.807) is 28.7 Å². The maximum Gasteiger partial charge on any atom is 0.246 e. The molecule has 0 spiro atoms. The van der Waals surface area contributed by atoms with Crippen molar-refractivity contribution in [3.8, 4) is 11.8 Å². The molecular formula is C23H20F2N8O. The fraction of sp³-hybridized carbons (Fsp3) is 0.261. The summed E-state index contributed by atoms with van der Waals surface area (Å²) >= 11 is 0. The van der Waals surface area contributed by atoms with Crippen LogP contribution in [0.25, 0.3) is 22.1 Å². The summed E-state index contributed by atoms with van der Waals surface area (Å²) in [6.07, 6.45) is 4.40. The van der Waals surface area contributed by atoms with Gasteiger partial charge in [-0.1, -0.05) is 12.5 Å². The molecule has 3 aromatic heterocycles. The Labute approximate surface area is 192 Å². The number of likely N-dealkylation sites (tertiary alicyclic amines) is 1. The molecule has 1 amide bonds. The third-order valence-electron chi connectivity index (χ3n) is 6.02. The van der Waals surface area contributed by atoms with Crippen molar-refractivity contribution >= 4 is 33.8 Å². The Bertz CT molecular complexity index is 1510. The average molecular weight is 462 g/mol. The summed E-state index contributed by atoms with van der Waals surface area (Å²) in [5.41, 5.74) is 8.19. The van der Waals surface area contributed by atoms with Crippen LogP contribution >= 0.6 is 0 Å². The van der Waals surface area contributed by atoms with Crippen molar-refractivity contribution in [2.75, 3.05) is 19.0 Å². The molecule has 0 bridgehead atoms. The Morgan fingerprint density at radius 1 is 1.32 bits per heavy atom. The van der Waals surface area contributed by atoms with Crippen LogP contribution in [-0.4, -0.2) is 59.4 Å². The molecule has 1 aromatic carbocycles. The van der Waals surface area contributed by atoms with E-state index in [1.807, 2.05) is 0 Å². The summed E-state index contributed by atoms with van der Waals surface area (Å²) < 4.78 is 31.6. The van der Waals surface area contributed by atoms with Gasteiger partial charge in [0.05, 0.1) is 40.4 Å². The summed E-state index contributed by atoms with van der Waals surface area (Å²) in [6.45, 7) is 3.04. The number of anilines is 1. The normalized spacial score (nSPS) is 17.8. The third kappa shape index (κ3) is 3.44. The van der Waals surface area contributed by atoms with Crippen LogP contribution in [0.4, 0.5) is 14.6 Å². The van der Waals surface area contributed by atoms with Gasteiger partial charge in [-0.3, -0.25) is 4.79 Å². The van der Waals surface area contributed by atoms with E-state index in [4.69, 9.17) is 5.73 Å². The first-order chi connectivity index (χ1) is 16.4. The van der Waals surface area contributed by atoms with Gasteiger partial charge in [-0.05, 0) is 24.5 Å². The molecule has 34 heavy (non-hydrogen) atoms.